The zero-order chi connectivity index (χ0) is 12.6. The van der Waals surface area contributed by atoms with Crippen molar-refractivity contribution in [3.05, 3.63) is 40.4 Å². The Balaban J connectivity index is 2.74. The molecular weight excluding hydrogens is 218 g/mol. The molecule has 0 aliphatic heterocycles. The Morgan fingerprint density at radius 3 is 2.65 bits per heavy atom. The lowest BCUT2D eigenvalue weighted by molar-refractivity contribution is 0.114. The predicted molar refractivity (Wildman–Crippen MR) is 66.0 cm³/mol. The van der Waals surface area contributed by atoms with E-state index in [-0.39, 0.29) is 17.3 Å². The van der Waals surface area contributed by atoms with Gasteiger partial charge in [0.25, 0.3) is 5.56 Å². The molecule has 5 heteroatoms. The van der Waals surface area contributed by atoms with E-state index in [9.17, 15) is 9.90 Å². The van der Waals surface area contributed by atoms with Gasteiger partial charge in [-0.05, 0) is 18.1 Å². The number of hydrogen-bond donors (Lipinski definition) is 2. The molecule has 0 aliphatic carbocycles. The van der Waals surface area contributed by atoms with Gasteiger partial charge in [0, 0.05) is 0 Å². The first-order valence-electron chi connectivity index (χ1n) is 5.47. The summed E-state index contributed by atoms with van der Waals surface area (Å²) in [4.78, 5) is 16.2. The maximum absolute atomic E-state index is 12.0. The summed E-state index contributed by atoms with van der Waals surface area (Å²) in [6, 6.07) is 6.94. The molecule has 2 rings (SSSR count). The quantitative estimate of drug-likeness (QED) is 0.752. The van der Waals surface area contributed by atoms with Crippen LogP contribution >= 0.6 is 0 Å². The van der Waals surface area contributed by atoms with Crippen LogP contribution in [-0.4, -0.2) is 14.8 Å². The number of benzene rings is 1. The van der Waals surface area contributed by atoms with Crippen LogP contribution in [0, 0.1) is 5.92 Å². The number of para-hydroxylation sites is 1. The number of fused-ring (bicyclic) bond motifs is 1. The first kappa shape index (κ1) is 11.6. The largest absolute Gasteiger partial charge is 0.385 e. The molecular formula is C12H15N3O2. The molecule has 0 spiro atoms. The predicted octanol–water partition coefficient (Wildman–Crippen LogP) is 0.800. The third kappa shape index (κ3) is 1.89. The number of aliphatic hydroxyl groups is 1. The third-order valence-electron chi connectivity index (χ3n) is 2.73. The van der Waals surface area contributed by atoms with Gasteiger partial charge in [-0.1, -0.05) is 26.0 Å². The highest BCUT2D eigenvalue weighted by atomic mass is 16.3. The Morgan fingerprint density at radius 1 is 1.35 bits per heavy atom. The normalized spacial score (nSPS) is 13.2. The highest BCUT2D eigenvalue weighted by Crippen LogP contribution is 2.19. The Morgan fingerprint density at radius 2 is 2.00 bits per heavy atom. The van der Waals surface area contributed by atoms with Crippen LogP contribution in [-0.2, 0) is 0 Å². The van der Waals surface area contributed by atoms with Gasteiger partial charge in [0.2, 0.25) is 0 Å². The van der Waals surface area contributed by atoms with Crippen LogP contribution in [0.1, 0.15) is 25.8 Å². The molecule has 3 N–H and O–H groups in total. The van der Waals surface area contributed by atoms with Crippen molar-refractivity contribution in [2.24, 2.45) is 5.92 Å². The van der Waals surface area contributed by atoms with E-state index < -0.39 is 6.10 Å². The lowest BCUT2D eigenvalue weighted by atomic mass is 10.1. The molecule has 0 aliphatic rings. The lowest BCUT2D eigenvalue weighted by Gasteiger charge is -2.16. The van der Waals surface area contributed by atoms with Crippen molar-refractivity contribution in [2.75, 3.05) is 5.84 Å². The fourth-order valence-corrected chi connectivity index (χ4v) is 1.67. The van der Waals surface area contributed by atoms with Gasteiger partial charge in [-0.25, -0.2) is 9.66 Å². The van der Waals surface area contributed by atoms with Crippen LogP contribution < -0.4 is 11.4 Å². The minimum Gasteiger partial charge on any atom is -0.385 e. The molecule has 90 valence electrons. The monoisotopic (exact) mass is 233 g/mol. The summed E-state index contributed by atoms with van der Waals surface area (Å²) in [5, 5.41) is 10.4. The summed E-state index contributed by atoms with van der Waals surface area (Å²) in [5.74, 6) is 5.81. The smallest absolute Gasteiger partial charge is 0.279 e. The molecule has 0 amide bonds. The molecule has 1 atom stereocenters. The van der Waals surface area contributed by atoms with Gasteiger partial charge < -0.3 is 10.9 Å². The minimum atomic E-state index is -0.850. The van der Waals surface area contributed by atoms with Crippen LogP contribution in [0.15, 0.2) is 29.1 Å². The summed E-state index contributed by atoms with van der Waals surface area (Å²) in [5.41, 5.74) is 0.208. The average molecular weight is 233 g/mol. The molecule has 1 aromatic carbocycles. The number of aromatic nitrogens is 2. The second-order valence-corrected chi connectivity index (χ2v) is 4.35. The maximum Gasteiger partial charge on any atom is 0.279 e. The summed E-state index contributed by atoms with van der Waals surface area (Å²) in [6.07, 6.45) is -0.850. The van der Waals surface area contributed by atoms with Crippen molar-refractivity contribution in [1.82, 2.24) is 9.66 Å². The number of nitrogens with zero attached hydrogens (tertiary/aromatic N) is 2. The number of nitrogen functional groups attached to an aromatic ring is 1. The van der Waals surface area contributed by atoms with E-state index in [4.69, 9.17) is 5.84 Å². The lowest BCUT2D eigenvalue weighted by Crippen LogP contribution is -2.33. The highest BCUT2D eigenvalue weighted by molar-refractivity contribution is 5.77. The number of rotatable bonds is 2. The van der Waals surface area contributed by atoms with E-state index >= 15 is 0 Å². The van der Waals surface area contributed by atoms with E-state index in [1.807, 2.05) is 13.8 Å². The minimum absolute atomic E-state index is 0.0575. The Labute approximate surface area is 98.5 Å². The van der Waals surface area contributed by atoms with E-state index in [0.29, 0.717) is 10.9 Å². The number of nitrogens with two attached hydrogens (primary N) is 1. The molecule has 0 saturated carbocycles. The summed E-state index contributed by atoms with van der Waals surface area (Å²) < 4.78 is 0.924. The van der Waals surface area contributed by atoms with Gasteiger partial charge in [-0.3, -0.25) is 4.79 Å². The van der Waals surface area contributed by atoms with Gasteiger partial charge in [0.05, 0.1) is 10.9 Å². The topological polar surface area (TPSA) is 81.1 Å². The van der Waals surface area contributed by atoms with Gasteiger partial charge in [0.1, 0.15) is 6.10 Å². The van der Waals surface area contributed by atoms with Crippen LogP contribution in [0.3, 0.4) is 0 Å². The van der Waals surface area contributed by atoms with E-state index in [1.54, 1.807) is 24.3 Å². The fraction of sp³-hybridized carbons (Fsp3) is 0.333. The van der Waals surface area contributed by atoms with E-state index in [2.05, 4.69) is 4.98 Å². The Bertz CT molecular complexity index is 604. The third-order valence-corrected chi connectivity index (χ3v) is 2.73. The molecule has 0 bridgehead atoms. The van der Waals surface area contributed by atoms with Crippen molar-refractivity contribution in [2.45, 2.75) is 20.0 Å². The van der Waals surface area contributed by atoms with Gasteiger partial charge in [-0.15, -0.1) is 0 Å². The summed E-state index contributed by atoms with van der Waals surface area (Å²) in [7, 11) is 0. The maximum atomic E-state index is 12.0. The number of hydrogen-bond acceptors (Lipinski definition) is 4. The molecule has 0 saturated heterocycles. The standard InChI is InChI=1S/C12H15N3O2/c1-7(2)10(16)11-14-9-6-4-3-5-8(9)12(17)15(11)13/h3-7,10,16H,13H2,1-2H3/t10-/m0/s1. The fourth-order valence-electron chi connectivity index (χ4n) is 1.67. The van der Waals surface area contributed by atoms with Crippen molar-refractivity contribution >= 4 is 10.9 Å². The van der Waals surface area contributed by atoms with Gasteiger partial charge >= 0.3 is 0 Å². The molecule has 0 unspecified atom stereocenters. The molecule has 1 heterocycles. The highest BCUT2D eigenvalue weighted by Gasteiger charge is 2.19. The van der Waals surface area contributed by atoms with Crippen LogP contribution in [0.5, 0.6) is 0 Å². The van der Waals surface area contributed by atoms with E-state index in [1.165, 1.54) is 0 Å². The van der Waals surface area contributed by atoms with Crippen LogP contribution in [0.4, 0.5) is 0 Å². The Hall–Kier alpha value is -1.88. The number of aliphatic hydroxyl groups excluding tert-OH is 1. The first-order valence-corrected chi connectivity index (χ1v) is 5.47. The molecule has 17 heavy (non-hydrogen) atoms. The molecule has 0 radical (unpaired) electrons. The SMILES string of the molecule is CC(C)[C@H](O)c1nc2ccccc2c(=O)n1N. The molecule has 0 fully saturated rings. The average Bonchev–Trinajstić information content (AvgIpc) is 2.33. The molecule has 5 nitrogen and oxygen atoms in total. The second-order valence-electron chi connectivity index (χ2n) is 4.35. The molecule has 2 aromatic rings. The Kier molecular flexibility index (Phi) is 2.85. The summed E-state index contributed by atoms with van der Waals surface area (Å²) in [6.45, 7) is 3.68. The zero-order valence-corrected chi connectivity index (χ0v) is 9.79. The molecule has 1 aromatic heterocycles. The first-order chi connectivity index (χ1) is 8.02. The van der Waals surface area contributed by atoms with Crippen LogP contribution in [0.25, 0.3) is 10.9 Å². The summed E-state index contributed by atoms with van der Waals surface area (Å²) >= 11 is 0. The van der Waals surface area contributed by atoms with Crippen molar-refractivity contribution < 1.29 is 5.11 Å². The van der Waals surface area contributed by atoms with Gasteiger partial charge in [-0.2, -0.15) is 0 Å². The zero-order valence-electron chi connectivity index (χ0n) is 9.79. The van der Waals surface area contributed by atoms with Crippen molar-refractivity contribution in [3.8, 4) is 0 Å². The van der Waals surface area contributed by atoms with Gasteiger partial charge in [0.15, 0.2) is 5.82 Å². The van der Waals surface area contributed by atoms with E-state index in [0.717, 1.165) is 4.68 Å². The van der Waals surface area contributed by atoms with Crippen LogP contribution in [0.2, 0.25) is 0 Å². The van der Waals surface area contributed by atoms with Crippen molar-refractivity contribution in [3.63, 3.8) is 0 Å². The second kappa shape index (κ2) is 4.18. The van der Waals surface area contributed by atoms with Crippen molar-refractivity contribution in [1.29, 1.82) is 0 Å².